The molecule has 0 amide bonds. The van der Waals surface area contributed by atoms with Crippen molar-refractivity contribution in [1.29, 1.82) is 0 Å². The molecule has 0 bridgehead atoms. The molecule has 0 unspecified atom stereocenters. The number of halogens is 3. The van der Waals surface area contributed by atoms with Crippen LogP contribution in [0.25, 0.3) is 0 Å². The standard InChI is InChI=1S/C12H7F3OS/c13-12(14,15)10-4-2-1-3-9(10)11(16)8-5-6-17-7-8/h1-7H. The molecule has 2 aromatic rings. The van der Waals surface area contributed by atoms with Gasteiger partial charge >= 0.3 is 6.18 Å². The summed E-state index contributed by atoms with van der Waals surface area (Å²) in [4.78, 5) is 11.9. The third kappa shape index (κ3) is 2.39. The second kappa shape index (κ2) is 4.33. The highest BCUT2D eigenvalue weighted by molar-refractivity contribution is 7.08. The van der Waals surface area contributed by atoms with E-state index in [1.807, 2.05) is 0 Å². The van der Waals surface area contributed by atoms with Gasteiger partial charge in [-0.05, 0) is 17.5 Å². The zero-order chi connectivity index (χ0) is 12.5. The quantitative estimate of drug-likeness (QED) is 0.742. The monoisotopic (exact) mass is 256 g/mol. The van der Waals surface area contributed by atoms with Crippen molar-refractivity contribution in [3.05, 3.63) is 57.8 Å². The summed E-state index contributed by atoms with van der Waals surface area (Å²) in [6, 6.07) is 6.32. The van der Waals surface area contributed by atoms with Crippen LogP contribution >= 0.6 is 11.3 Å². The summed E-state index contributed by atoms with van der Waals surface area (Å²) in [5, 5.41) is 3.19. The molecule has 1 aromatic heterocycles. The number of carbonyl (C=O) groups is 1. The smallest absolute Gasteiger partial charge is 0.289 e. The highest BCUT2D eigenvalue weighted by Gasteiger charge is 2.34. The fraction of sp³-hybridized carbons (Fsp3) is 0.0833. The zero-order valence-corrected chi connectivity index (χ0v) is 9.31. The molecule has 0 aliphatic rings. The average Bonchev–Trinajstić information content (AvgIpc) is 2.80. The number of benzene rings is 1. The Labute approximate surface area is 99.5 Å². The lowest BCUT2D eigenvalue weighted by Crippen LogP contribution is -2.13. The highest BCUT2D eigenvalue weighted by atomic mass is 32.1. The first kappa shape index (κ1) is 11.9. The predicted molar refractivity (Wildman–Crippen MR) is 59.2 cm³/mol. The fourth-order valence-electron chi connectivity index (χ4n) is 1.48. The van der Waals surface area contributed by atoms with Crippen LogP contribution in [0, 0.1) is 0 Å². The molecule has 2 rings (SSSR count). The van der Waals surface area contributed by atoms with Gasteiger partial charge in [-0.2, -0.15) is 24.5 Å². The predicted octanol–water partition coefficient (Wildman–Crippen LogP) is 4.00. The Morgan fingerprint density at radius 1 is 1.12 bits per heavy atom. The lowest BCUT2D eigenvalue weighted by molar-refractivity contribution is -0.137. The second-order valence-corrected chi connectivity index (χ2v) is 4.16. The van der Waals surface area contributed by atoms with E-state index in [0.717, 1.165) is 6.07 Å². The SMILES string of the molecule is O=C(c1ccsc1)c1ccccc1C(F)(F)F. The van der Waals surface area contributed by atoms with Crippen molar-refractivity contribution >= 4 is 17.1 Å². The van der Waals surface area contributed by atoms with Gasteiger partial charge in [0.2, 0.25) is 0 Å². The number of carbonyl (C=O) groups excluding carboxylic acids is 1. The first-order valence-electron chi connectivity index (χ1n) is 4.73. The molecule has 88 valence electrons. The molecular weight excluding hydrogens is 249 g/mol. The largest absolute Gasteiger partial charge is 0.417 e. The van der Waals surface area contributed by atoms with Gasteiger partial charge in [-0.3, -0.25) is 4.79 Å². The van der Waals surface area contributed by atoms with Crippen LogP contribution in [0.3, 0.4) is 0 Å². The number of thiophene rings is 1. The molecule has 17 heavy (non-hydrogen) atoms. The van der Waals surface area contributed by atoms with Crippen molar-refractivity contribution in [2.45, 2.75) is 6.18 Å². The maximum atomic E-state index is 12.7. The number of alkyl halides is 3. The van der Waals surface area contributed by atoms with Gasteiger partial charge in [0.25, 0.3) is 0 Å². The molecule has 0 N–H and O–H groups in total. The van der Waals surface area contributed by atoms with E-state index in [9.17, 15) is 18.0 Å². The molecular formula is C12H7F3OS. The van der Waals surface area contributed by atoms with Gasteiger partial charge in [0.15, 0.2) is 5.78 Å². The molecule has 0 aliphatic carbocycles. The summed E-state index contributed by atoms with van der Waals surface area (Å²) in [5.41, 5.74) is -0.915. The number of rotatable bonds is 2. The van der Waals surface area contributed by atoms with Crippen LogP contribution < -0.4 is 0 Å². The van der Waals surface area contributed by atoms with E-state index in [2.05, 4.69) is 0 Å². The van der Waals surface area contributed by atoms with Crippen LogP contribution in [0.1, 0.15) is 21.5 Å². The Balaban J connectivity index is 2.50. The van der Waals surface area contributed by atoms with Crippen molar-refractivity contribution in [2.75, 3.05) is 0 Å². The molecule has 1 aromatic carbocycles. The van der Waals surface area contributed by atoms with E-state index in [1.54, 1.807) is 5.38 Å². The Bertz CT molecular complexity index is 529. The van der Waals surface area contributed by atoms with Gasteiger partial charge in [0.1, 0.15) is 0 Å². The zero-order valence-electron chi connectivity index (χ0n) is 8.49. The maximum Gasteiger partial charge on any atom is 0.417 e. The Hall–Kier alpha value is -1.62. The minimum absolute atomic E-state index is 0.284. The van der Waals surface area contributed by atoms with Crippen LogP contribution in [-0.2, 0) is 6.18 Å². The van der Waals surface area contributed by atoms with Gasteiger partial charge in [0.05, 0.1) is 5.56 Å². The topological polar surface area (TPSA) is 17.1 Å². The van der Waals surface area contributed by atoms with E-state index in [1.165, 1.54) is 41.0 Å². The van der Waals surface area contributed by atoms with Crippen molar-refractivity contribution in [3.63, 3.8) is 0 Å². The third-order valence-electron chi connectivity index (χ3n) is 2.26. The Morgan fingerprint density at radius 3 is 2.41 bits per heavy atom. The van der Waals surface area contributed by atoms with Crippen molar-refractivity contribution < 1.29 is 18.0 Å². The summed E-state index contributed by atoms with van der Waals surface area (Å²) in [6.45, 7) is 0. The van der Waals surface area contributed by atoms with E-state index in [-0.39, 0.29) is 11.1 Å². The molecule has 5 heteroatoms. The molecule has 0 radical (unpaired) electrons. The number of hydrogen-bond donors (Lipinski definition) is 0. The minimum atomic E-state index is -4.51. The third-order valence-corrected chi connectivity index (χ3v) is 2.94. The first-order chi connectivity index (χ1) is 8.00. The van der Waals surface area contributed by atoms with Gasteiger partial charge < -0.3 is 0 Å². The number of ketones is 1. The summed E-state index contributed by atoms with van der Waals surface area (Å²) in [6.07, 6.45) is -4.51. The van der Waals surface area contributed by atoms with Crippen LogP contribution in [0.15, 0.2) is 41.1 Å². The molecule has 0 aliphatic heterocycles. The van der Waals surface area contributed by atoms with E-state index >= 15 is 0 Å². The summed E-state index contributed by atoms with van der Waals surface area (Å²) in [5.74, 6) is -0.598. The second-order valence-electron chi connectivity index (χ2n) is 3.38. The van der Waals surface area contributed by atoms with Crippen LogP contribution in [0.4, 0.5) is 13.2 Å². The molecule has 0 fully saturated rings. The van der Waals surface area contributed by atoms with Crippen molar-refractivity contribution in [1.82, 2.24) is 0 Å². The van der Waals surface area contributed by atoms with Gasteiger partial charge in [-0.15, -0.1) is 0 Å². The normalized spacial score (nSPS) is 11.5. The van der Waals surface area contributed by atoms with Crippen LogP contribution in [-0.4, -0.2) is 5.78 Å². The van der Waals surface area contributed by atoms with Crippen LogP contribution in [0.5, 0.6) is 0 Å². The molecule has 0 saturated heterocycles. The first-order valence-corrected chi connectivity index (χ1v) is 5.67. The summed E-state index contributed by atoms with van der Waals surface area (Å²) < 4.78 is 38.1. The van der Waals surface area contributed by atoms with Gasteiger partial charge in [0, 0.05) is 16.5 Å². The highest BCUT2D eigenvalue weighted by Crippen LogP contribution is 2.32. The average molecular weight is 256 g/mol. The summed E-state index contributed by atoms with van der Waals surface area (Å²) >= 11 is 1.27. The van der Waals surface area contributed by atoms with Crippen molar-refractivity contribution in [3.8, 4) is 0 Å². The van der Waals surface area contributed by atoms with Crippen LogP contribution in [0.2, 0.25) is 0 Å². The van der Waals surface area contributed by atoms with E-state index < -0.39 is 17.5 Å². The Kier molecular flexibility index (Phi) is 3.02. The fourth-order valence-corrected chi connectivity index (χ4v) is 2.11. The van der Waals surface area contributed by atoms with Crippen molar-refractivity contribution in [2.24, 2.45) is 0 Å². The lowest BCUT2D eigenvalue weighted by Gasteiger charge is -2.10. The maximum absolute atomic E-state index is 12.7. The molecule has 1 heterocycles. The summed E-state index contributed by atoms with van der Waals surface area (Å²) in [7, 11) is 0. The molecule has 0 spiro atoms. The van der Waals surface area contributed by atoms with E-state index in [4.69, 9.17) is 0 Å². The minimum Gasteiger partial charge on any atom is -0.289 e. The molecule has 1 nitrogen and oxygen atoms in total. The number of hydrogen-bond acceptors (Lipinski definition) is 2. The lowest BCUT2D eigenvalue weighted by atomic mass is 10.00. The van der Waals surface area contributed by atoms with Gasteiger partial charge in [-0.1, -0.05) is 18.2 Å². The Morgan fingerprint density at radius 2 is 1.82 bits per heavy atom. The van der Waals surface area contributed by atoms with Gasteiger partial charge in [-0.25, -0.2) is 0 Å². The molecule has 0 saturated carbocycles. The molecule has 0 atom stereocenters. The van der Waals surface area contributed by atoms with E-state index in [0.29, 0.717) is 0 Å².